The number of hydrogen-bond donors (Lipinski definition) is 2. The largest absolute Gasteiger partial charge is 0.368 e. The minimum atomic E-state index is 0.304. The molecule has 3 rings (SSSR count). The number of hydrogen-bond acceptors (Lipinski definition) is 5. The minimum Gasteiger partial charge on any atom is -0.368 e. The highest BCUT2D eigenvalue weighted by atomic mass is 15.1. The van der Waals surface area contributed by atoms with Crippen LogP contribution in [-0.4, -0.2) is 42.1 Å². The Kier molecular flexibility index (Phi) is 5.11. The van der Waals surface area contributed by atoms with Gasteiger partial charge in [0, 0.05) is 18.7 Å². The first-order valence-electron chi connectivity index (χ1n) is 8.59. The van der Waals surface area contributed by atoms with Crippen LogP contribution in [0.3, 0.4) is 0 Å². The zero-order chi connectivity index (χ0) is 17.1. The fourth-order valence-corrected chi connectivity index (χ4v) is 3.35. The molecule has 24 heavy (non-hydrogen) atoms. The van der Waals surface area contributed by atoms with E-state index in [9.17, 15) is 0 Å². The Morgan fingerprint density at radius 1 is 1.21 bits per heavy atom. The molecule has 0 bridgehead atoms. The van der Waals surface area contributed by atoms with Crippen LogP contribution >= 0.6 is 0 Å². The monoisotopic (exact) mass is 325 g/mol. The molecule has 0 amide bonds. The van der Waals surface area contributed by atoms with Crippen molar-refractivity contribution < 1.29 is 0 Å². The molecule has 0 saturated heterocycles. The van der Waals surface area contributed by atoms with Crippen LogP contribution in [0.4, 0.5) is 5.82 Å². The summed E-state index contributed by atoms with van der Waals surface area (Å²) in [7, 11) is 4.26. The van der Waals surface area contributed by atoms with Gasteiger partial charge in [0.15, 0.2) is 0 Å². The van der Waals surface area contributed by atoms with Gasteiger partial charge in [-0.2, -0.15) is 0 Å². The van der Waals surface area contributed by atoms with Crippen molar-refractivity contribution in [3.05, 3.63) is 52.5 Å². The number of anilines is 1. The summed E-state index contributed by atoms with van der Waals surface area (Å²) in [6.45, 7) is 6.79. The van der Waals surface area contributed by atoms with Crippen LogP contribution < -0.4 is 10.6 Å². The standard InChI is InChI=1S/C19H27N5/c1-13-7-5-6-8-15(13)18(24(3)4)12-21-19-16-9-10-20-11-17(16)22-14(2)23-19/h5-8,18,20H,9-12H2,1-4H3,(H,21,22,23)/t18-/m0/s1. The van der Waals surface area contributed by atoms with Gasteiger partial charge in [-0.1, -0.05) is 24.3 Å². The Hall–Kier alpha value is -1.98. The second kappa shape index (κ2) is 7.28. The van der Waals surface area contributed by atoms with E-state index in [1.807, 2.05) is 6.92 Å². The lowest BCUT2D eigenvalue weighted by Gasteiger charge is -2.28. The van der Waals surface area contributed by atoms with Crippen molar-refractivity contribution >= 4 is 5.82 Å². The molecule has 0 spiro atoms. The van der Waals surface area contributed by atoms with Gasteiger partial charge in [0.25, 0.3) is 0 Å². The lowest BCUT2D eigenvalue weighted by atomic mass is 10.00. The van der Waals surface area contributed by atoms with Crippen LogP contribution in [0.5, 0.6) is 0 Å². The molecule has 1 aromatic carbocycles. The molecule has 1 atom stereocenters. The van der Waals surface area contributed by atoms with E-state index in [1.54, 1.807) is 0 Å². The number of aryl methyl sites for hydroxylation is 2. The summed E-state index contributed by atoms with van der Waals surface area (Å²) in [5.74, 6) is 1.83. The quantitative estimate of drug-likeness (QED) is 0.884. The predicted molar refractivity (Wildman–Crippen MR) is 98.3 cm³/mol. The van der Waals surface area contributed by atoms with Gasteiger partial charge in [-0.3, -0.25) is 0 Å². The summed E-state index contributed by atoms with van der Waals surface area (Å²) in [6.07, 6.45) is 0.981. The van der Waals surface area contributed by atoms with Crippen molar-refractivity contribution in [2.75, 3.05) is 32.5 Å². The van der Waals surface area contributed by atoms with Crippen molar-refractivity contribution in [3.8, 4) is 0 Å². The highest BCUT2D eigenvalue weighted by Gasteiger charge is 2.20. The molecule has 1 aliphatic heterocycles. The Balaban J connectivity index is 1.83. The summed E-state index contributed by atoms with van der Waals surface area (Å²) < 4.78 is 0. The molecular weight excluding hydrogens is 298 g/mol. The van der Waals surface area contributed by atoms with Crippen LogP contribution in [0.15, 0.2) is 24.3 Å². The van der Waals surface area contributed by atoms with E-state index >= 15 is 0 Å². The predicted octanol–water partition coefficient (Wildman–Crippen LogP) is 2.45. The molecule has 5 nitrogen and oxygen atoms in total. The first-order valence-corrected chi connectivity index (χ1v) is 8.59. The maximum absolute atomic E-state index is 4.67. The molecular formula is C19H27N5. The molecule has 0 fully saturated rings. The van der Waals surface area contributed by atoms with Gasteiger partial charge in [0.2, 0.25) is 0 Å². The molecule has 1 aromatic heterocycles. The van der Waals surface area contributed by atoms with E-state index in [2.05, 4.69) is 70.8 Å². The van der Waals surface area contributed by atoms with Crippen molar-refractivity contribution in [1.82, 2.24) is 20.2 Å². The fraction of sp³-hybridized carbons (Fsp3) is 0.474. The first-order chi connectivity index (χ1) is 11.6. The number of nitrogens with one attached hydrogen (secondary N) is 2. The second-order valence-corrected chi connectivity index (χ2v) is 6.69. The Bertz CT molecular complexity index is 711. The first kappa shape index (κ1) is 16.9. The van der Waals surface area contributed by atoms with E-state index in [4.69, 9.17) is 0 Å². The Labute approximate surface area is 144 Å². The Morgan fingerprint density at radius 3 is 2.75 bits per heavy atom. The Morgan fingerprint density at radius 2 is 2.00 bits per heavy atom. The van der Waals surface area contributed by atoms with Crippen LogP contribution in [0.25, 0.3) is 0 Å². The molecule has 128 valence electrons. The third-order valence-electron chi connectivity index (χ3n) is 4.68. The average Bonchev–Trinajstić information content (AvgIpc) is 2.56. The summed E-state index contributed by atoms with van der Waals surface area (Å²) in [6, 6.07) is 8.90. The summed E-state index contributed by atoms with van der Waals surface area (Å²) in [5.41, 5.74) is 5.08. The second-order valence-electron chi connectivity index (χ2n) is 6.69. The SMILES string of the molecule is Cc1nc2c(c(NC[C@@H](c3ccccc3C)N(C)C)n1)CCNC2. The maximum Gasteiger partial charge on any atom is 0.133 e. The summed E-state index contributed by atoms with van der Waals surface area (Å²) in [5, 5.41) is 6.99. The van der Waals surface area contributed by atoms with Gasteiger partial charge < -0.3 is 15.5 Å². The number of benzene rings is 1. The van der Waals surface area contributed by atoms with Crippen molar-refractivity contribution in [2.24, 2.45) is 0 Å². The van der Waals surface area contributed by atoms with Gasteiger partial charge >= 0.3 is 0 Å². The molecule has 0 saturated carbocycles. The van der Waals surface area contributed by atoms with Crippen LogP contribution in [-0.2, 0) is 13.0 Å². The van der Waals surface area contributed by atoms with Crippen molar-refractivity contribution in [3.63, 3.8) is 0 Å². The molecule has 1 aliphatic rings. The van der Waals surface area contributed by atoms with E-state index in [-0.39, 0.29) is 0 Å². The molecule has 2 N–H and O–H groups in total. The molecule has 5 heteroatoms. The molecule has 0 aliphatic carbocycles. The number of rotatable bonds is 5. The molecule has 2 aromatic rings. The highest BCUT2D eigenvalue weighted by Crippen LogP contribution is 2.24. The van der Waals surface area contributed by atoms with Crippen LogP contribution in [0, 0.1) is 13.8 Å². The van der Waals surface area contributed by atoms with Crippen molar-refractivity contribution in [2.45, 2.75) is 32.9 Å². The maximum atomic E-state index is 4.67. The average molecular weight is 325 g/mol. The molecule has 2 heterocycles. The number of nitrogens with zero attached hydrogens (tertiary/aromatic N) is 3. The smallest absolute Gasteiger partial charge is 0.133 e. The third kappa shape index (κ3) is 3.57. The van der Waals surface area contributed by atoms with Crippen molar-refractivity contribution in [1.29, 1.82) is 0 Å². The topological polar surface area (TPSA) is 53.1 Å². The van der Waals surface area contributed by atoms with Crippen LogP contribution in [0.2, 0.25) is 0 Å². The van der Waals surface area contributed by atoms with Gasteiger partial charge in [0.05, 0.1) is 11.7 Å². The number of likely N-dealkylation sites (N-methyl/N-ethyl adjacent to an activating group) is 1. The third-order valence-corrected chi connectivity index (χ3v) is 4.68. The van der Waals surface area contributed by atoms with E-state index < -0.39 is 0 Å². The lowest BCUT2D eigenvalue weighted by Crippen LogP contribution is -2.30. The van der Waals surface area contributed by atoms with E-state index in [1.165, 1.54) is 16.7 Å². The zero-order valence-corrected chi connectivity index (χ0v) is 15.1. The fourth-order valence-electron chi connectivity index (χ4n) is 3.35. The molecule has 0 radical (unpaired) electrons. The van der Waals surface area contributed by atoms with E-state index in [0.717, 1.165) is 43.4 Å². The lowest BCUT2D eigenvalue weighted by molar-refractivity contribution is 0.310. The number of fused-ring (bicyclic) bond motifs is 1. The normalized spacial score (nSPS) is 15.2. The van der Waals surface area contributed by atoms with E-state index in [0.29, 0.717) is 6.04 Å². The van der Waals surface area contributed by atoms with Crippen LogP contribution in [0.1, 0.15) is 34.3 Å². The van der Waals surface area contributed by atoms with Gasteiger partial charge in [0.1, 0.15) is 11.6 Å². The molecule has 0 unspecified atom stereocenters. The summed E-state index contributed by atoms with van der Waals surface area (Å²) >= 11 is 0. The van der Waals surface area contributed by atoms with Gasteiger partial charge in [-0.05, 0) is 52.0 Å². The van der Waals surface area contributed by atoms with Gasteiger partial charge in [-0.15, -0.1) is 0 Å². The van der Waals surface area contributed by atoms with Gasteiger partial charge in [-0.25, -0.2) is 9.97 Å². The zero-order valence-electron chi connectivity index (χ0n) is 15.1. The summed E-state index contributed by atoms with van der Waals surface area (Å²) in [4.78, 5) is 11.5. The number of aromatic nitrogens is 2. The minimum absolute atomic E-state index is 0.304. The highest BCUT2D eigenvalue weighted by molar-refractivity contribution is 5.48.